The largest absolute Gasteiger partial charge is 0.491 e. The molecule has 0 aromatic heterocycles. The number of hydrogen-bond donors (Lipinski definition) is 2. The first kappa shape index (κ1) is 14.7. The summed E-state index contributed by atoms with van der Waals surface area (Å²) in [7, 11) is 0. The van der Waals surface area contributed by atoms with Gasteiger partial charge in [0, 0.05) is 6.04 Å². The predicted octanol–water partition coefficient (Wildman–Crippen LogP) is 2.83. The third-order valence-corrected chi connectivity index (χ3v) is 4.36. The monoisotopic (exact) mass is 276 g/mol. The third kappa shape index (κ3) is 2.89. The van der Waals surface area contributed by atoms with Crippen LogP contribution in [0.25, 0.3) is 0 Å². The van der Waals surface area contributed by atoms with Gasteiger partial charge < -0.3 is 15.8 Å². The van der Waals surface area contributed by atoms with E-state index in [1.54, 1.807) is 18.2 Å². The van der Waals surface area contributed by atoms with Crippen LogP contribution in [0.15, 0.2) is 18.2 Å². The number of hydrogen-bond acceptors (Lipinski definition) is 3. The SMILES string of the molecule is CCOc1c(N)cccc1C(=O)NC1CCC(C)C1C. The van der Waals surface area contributed by atoms with Crippen LogP contribution in [0.3, 0.4) is 0 Å². The molecule has 1 fully saturated rings. The first-order valence-corrected chi connectivity index (χ1v) is 7.36. The maximum Gasteiger partial charge on any atom is 0.255 e. The van der Waals surface area contributed by atoms with Crippen LogP contribution in [0.5, 0.6) is 5.75 Å². The summed E-state index contributed by atoms with van der Waals surface area (Å²) >= 11 is 0. The highest BCUT2D eigenvalue weighted by atomic mass is 16.5. The van der Waals surface area contributed by atoms with Crippen LogP contribution in [0.2, 0.25) is 0 Å². The van der Waals surface area contributed by atoms with Gasteiger partial charge >= 0.3 is 0 Å². The Hall–Kier alpha value is -1.71. The first-order valence-electron chi connectivity index (χ1n) is 7.36. The number of carbonyl (C=O) groups excluding carboxylic acids is 1. The minimum absolute atomic E-state index is 0.0910. The molecule has 1 amide bonds. The lowest BCUT2D eigenvalue weighted by Crippen LogP contribution is -2.37. The van der Waals surface area contributed by atoms with E-state index in [1.165, 1.54) is 6.42 Å². The zero-order valence-corrected chi connectivity index (χ0v) is 12.5. The maximum atomic E-state index is 12.5. The number of ether oxygens (including phenoxy) is 1. The van der Waals surface area contributed by atoms with Crippen molar-refractivity contribution in [2.75, 3.05) is 12.3 Å². The first-order chi connectivity index (χ1) is 9.54. The smallest absolute Gasteiger partial charge is 0.255 e. The van der Waals surface area contributed by atoms with Crippen molar-refractivity contribution >= 4 is 11.6 Å². The molecule has 0 bridgehead atoms. The van der Waals surface area contributed by atoms with E-state index in [9.17, 15) is 4.79 Å². The summed E-state index contributed by atoms with van der Waals surface area (Å²) in [6.07, 6.45) is 2.21. The predicted molar refractivity (Wildman–Crippen MR) is 80.8 cm³/mol. The molecule has 0 spiro atoms. The number of para-hydroxylation sites is 1. The standard InChI is InChI=1S/C16H24N2O2/c1-4-20-15-12(6-5-7-13(15)17)16(19)18-14-9-8-10(2)11(14)3/h5-7,10-11,14H,4,8-9,17H2,1-3H3,(H,18,19). The van der Waals surface area contributed by atoms with Crippen molar-refractivity contribution in [2.45, 2.75) is 39.7 Å². The highest BCUT2D eigenvalue weighted by Gasteiger charge is 2.31. The van der Waals surface area contributed by atoms with Crippen LogP contribution < -0.4 is 15.8 Å². The van der Waals surface area contributed by atoms with Crippen molar-refractivity contribution in [2.24, 2.45) is 11.8 Å². The molecule has 3 N–H and O–H groups in total. The van der Waals surface area contributed by atoms with Crippen LogP contribution >= 0.6 is 0 Å². The Morgan fingerprint density at radius 3 is 2.75 bits per heavy atom. The summed E-state index contributed by atoms with van der Waals surface area (Å²) in [4.78, 5) is 12.5. The normalized spacial score (nSPS) is 25.4. The van der Waals surface area contributed by atoms with E-state index in [-0.39, 0.29) is 11.9 Å². The summed E-state index contributed by atoms with van der Waals surface area (Å²) in [6.45, 7) is 6.81. The molecule has 1 saturated carbocycles. The molecule has 4 nitrogen and oxygen atoms in total. The van der Waals surface area contributed by atoms with Gasteiger partial charge in [0.2, 0.25) is 0 Å². The average molecular weight is 276 g/mol. The molecule has 110 valence electrons. The second kappa shape index (κ2) is 6.16. The van der Waals surface area contributed by atoms with Crippen LogP contribution in [0.4, 0.5) is 5.69 Å². The van der Waals surface area contributed by atoms with Gasteiger partial charge in [0.25, 0.3) is 5.91 Å². The molecule has 0 aliphatic heterocycles. The molecule has 20 heavy (non-hydrogen) atoms. The molecule has 1 aromatic carbocycles. The Kier molecular flexibility index (Phi) is 4.53. The Labute approximate surface area is 120 Å². The number of nitrogens with one attached hydrogen (secondary N) is 1. The average Bonchev–Trinajstić information content (AvgIpc) is 2.73. The van der Waals surface area contributed by atoms with Gasteiger partial charge in [-0.25, -0.2) is 0 Å². The maximum absolute atomic E-state index is 12.5. The number of nitrogens with two attached hydrogens (primary N) is 1. The molecule has 2 rings (SSSR count). The topological polar surface area (TPSA) is 64.3 Å². The second-order valence-electron chi connectivity index (χ2n) is 5.65. The highest BCUT2D eigenvalue weighted by Crippen LogP contribution is 2.32. The lowest BCUT2D eigenvalue weighted by atomic mass is 9.97. The fourth-order valence-corrected chi connectivity index (χ4v) is 2.85. The van der Waals surface area contributed by atoms with Gasteiger partial charge in [-0.3, -0.25) is 4.79 Å². The quantitative estimate of drug-likeness (QED) is 0.831. The van der Waals surface area contributed by atoms with Crippen LogP contribution in [-0.2, 0) is 0 Å². The van der Waals surface area contributed by atoms with Crippen molar-refractivity contribution < 1.29 is 9.53 Å². The Balaban J connectivity index is 2.15. The minimum atomic E-state index is -0.0910. The highest BCUT2D eigenvalue weighted by molar-refractivity contribution is 5.98. The van der Waals surface area contributed by atoms with Crippen molar-refractivity contribution in [3.8, 4) is 5.75 Å². The number of anilines is 1. The fourth-order valence-electron chi connectivity index (χ4n) is 2.85. The lowest BCUT2D eigenvalue weighted by molar-refractivity contribution is 0.0923. The van der Waals surface area contributed by atoms with Gasteiger partial charge in [-0.15, -0.1) is 0 Å². The van der Waals surface area contributed by atoms with Gasteiger partial charge in [0.15, 0.2) is 5.75 Å². The molecule has 4 heteroatoms. The summed E-state index contributed by atoms with van der Waals surface area (Å²) in [5, 5.41) is 3.13. The number of amides is 1. The molecular formula is C16H24N2O2. The molecule has 0 saturated heterocycles. The van der Waals surface area contributed by atoms with Gasteiger partial charge in [0.05, 0.1) is 17.9 Å². The van der Waals surface area contributed by atoms with Crippen LogP contribution in [0, 0.1) is 11.8 Å². The van der Waals surface area contributed by atoms with Crippen LogP contribution in [-0.4, -0.2) is 18.6 Å². The molecule has 1 aromatic rings. The number of benzene rings is 1. The molecule has 1 aliphatic rings. The van der Waals surface area contributed by atoms with E-state index in [2.05, 4.69) is 19.2 Å². The Morgan fingerprint density at radius 2 is 2.15 bits per heavy atom. The van der Waals surface area contributed by atoms with E-state index in [0.717, 1.165) is 6.42 Å². The molecule has 0 heterocycles. The number of rotatable bonds is 4. The fraction of sp³-hybridized carbons (Fsp3) is 0.562. The zero-order valence-electron chi connectivity index (χ0n) is 12.5. The molecule has 3 atom stereocenters. The van der Waals surface area contributed by atoms with Crippen molar-refractivity contribution in [1.82, 2.24) is 5.32 Å². The number of nitrogen functional groups attached to an aromatic ring is 1. The third-order valence-electron chi connectivity index (χ3n) is 4.36. The molecule has 3 unspecified atom stereocenters. The lowest BCUT2D eigenvalue weighted by Gasteiger charge is -2.20. The molecular weight excluding hydrogens is 252 g/mol. The van der Waals surface area contributed by atoms with Crippen LogP contribution in [0.1, 0.15) is 44.0 Å². The van der Waals surface area contributed by atoms with Crippen molar-refractivity contribution in [3.05, 3.63) is 23.8 Å². The number of carbonyl (C=O) groups is 1. The van der Waals surface area contributed by atoms with E-state index < -0.39 is 0 Å². The van der Waals surface area contributed by atoms with Gasteiger partial charge in [0.1, 0.15) is 0 Å². The van der Waals surface area contributed by atoms with E-state index >= 15 is 0 Å². The van der Waals surface area contributed by atoms with Crippen molar-refractivity contribution in [3.63, 3.8) is 0 Å². The van der Waals surface area contributed by atoms with E-state index in [0.29, 0.717) is 35.4 Å². The Bertz CT molecular complexity index is 487. The summed E-state index contributed by atoms with van der Waals surface area (Å²) in [5.74, 6) is 1.57. The molecule has 1 aliphatic carbocycles. The minimum Gasteiger partial charge on any atom is -0.491 e. The summed E-state index contributed by atoms with van der Waals surface area (Å²) < 4.78 is 5.52. The van der Waals surface area contributed by atoms with E-state index in [4.69, 9.17) is 10.5 Å². The zero-order chi connectivity index (χ0) is 14.7. The van der Waals surface area contributed by atoms with E-state index in [1.807, 2.05) is 6.92 Å². The second-order valence-corrected chi connectivity index (χ2v) is 5.65. The summed E-state index contributed by atoms with van der Waals surface area (Å²) in [5.41, 5.74) is 6.93. The Morgan fingerprint density at radius 1 is 1.40 bits per heavy atom. The summed E-state index contributed by atoms with van der Waals surface area (Å²) in [6, 6.07) is 5.54. The van der Waals surface area contributed by atoms with Gasteiger partial charge in [-0.2, -0.15) is 0 Å². The van der Waals surface area contributed by atoms with Gasteiger partial charge in [-0.1, -0.05) is 19.9 Å². The van der Waals surface area contributed by atoms with Gasteiger partial charge in [-0.05, 0) is 43.7 Å². The van der Waals surface area contributed by atoms with Crippen molar-refractivity contribution in [1.29, 1.82) is 0 Å². The molecule has 0 radical (unpaired) electrons.